The van der Waals surface area contributed by atoms with Crippen LogP contribution in [0.3, 0.4) is 0 Å². The zero-order valence-electron chi connectivity index (χ0n) is 14.6. The number of nitrogens with one attached hydrogen (secondary N) is 1. The Labute approximate surface area is 156 Å². The van der Waals surface area contributed by atoms with Crippen molar-refractivity contribution in [3.63, 3.8) is 0 Å². The molecule has 2 aliphatic rings. The largest absolute Gasteiger partial charge is 0.481 e. The summed E-state index contributed by atoms with van der Waals surface area (Å²) in [6.07, 6.45) is 3.74. The van der Waals surface area contributed by atoms with Crippen LogP contribution in [0.5, 0.6) is 0 Å². The number of thiazole rings is 1. The van der Waals surface area contributed by atoms with Gasteiger partial charge in [0.25, 0.3) is 0 Å². The van der Waals surface area contributed by atoms with Crippen molar-refractivity contribution in [1.29, 1.82) is 0 Å². The number of carboxylic acid groups (broad SMARTS) is 1. The number of aromatic nitrogens is 1. The fourth-order valence-corrected chi connectivity index (χ4v) is 5.31. The van der Waals surface area contributed by atoms with Gasteiger partial charge in [0.2, 0.25) is 5.91 Å². The van der Waals surface area contributed by atoms with Gasteiger partial charge in [0.15, 0.2) is 5.13 Å². The van der Waals surface area contributed by atoms with Crippen molar-refractivity contribution >= 4 is 28.3 Å². The molecular weight excluding hydrogens is 348 g/mol. The molecule has 2 saturated carbocycles. The number of aryl methyl sites for hydroxylation is 1. The molecule has 4 rings (SSSR count). The Morgan fingerprint density at radius 2 is 1.88 bits per heavy atom. The molecule has 1 amide bonds. The van der Waals surface area contributed by atoms with Gasteiger partial charge in [0.05, 0.1) is 17.5 Å². The van der Waals surface area contributed by atoms with E-state index in [1.54, 1.807) is 0 Å². The molecule has 2 aliphatic carbocycles. The van der Waals surface area contributed by atoms with Gasteiger partial charge in [-0.15, -0.1) is 11.3 Å². The number of aliphatic carboxylic acids is 1. The van der Waals surface area contributed by atoms with Gasteiger partial charge in [-0.3, -0.25) is 9.59 Å². The summed E-state index contributed by atoms with van der Waals surface area (Å²) in [5.41, 5.74) is 3.12. The average molecular weight is 370 g/mol. The summed E-state index contributed by atoms with van der Waals surface area (Å²) in [5, 5.41) is 14.9. The van der Waals surface area contributed by atoms with E-state index in [-0.39, 0.29) is 17.7 Å². The van der Waals surface area contributed by atoms with E-state index in [0.717, 1.165) is 36.9 Å². The van der Waals surface area contributed by atoms with Crippen LogP contribution in [0.2, 0.25) is 0 Å². The molecule has 2 bridgehead atoms. The second-order valence-electron chi connectivity index (χ2n) is 7.30. The average Bonchev–Trinajstić information content (AvgIpc) is 3.37. The Kier molecular flexibility index (Phi) is 4.53. The maximum absolute atomic E-state index is 12.7. The lowest BCUT2D eigenvalue weighted by molar-refractivity contribution is -0.148. The number of carboxylic acids is 1. The predicted molar refractivity (Wildman–Crippen MR) is 101 cm³/mol. The Hall–Kier alpha value is -2.21. The molecule has 5 nitrogen and oxygen atoms in total. The molecule has 26 heavy (non-hydrogen) atoms. The fraction of sp³-hybridized carbons (Fsp3) is 0.450. The molecule has 2 fully saturated rings. The van der Waals surface area contributed by atoms with Crippen LogP contribution < -0.4 is 5.32 Å². The number of anilines is 1. The van der Waals surface area contributed by atoms with Gasteiger partial charge in [-0.25, -0.2) is 4.98 Å². The summed E-state index contributed by atoms with van der Waals surface area (Å²) in [6, 6.07) is 8.24. The van der Waals surface area contributed by atoms with Crippen LogP contribution in [0.15, 0.2) is 29.6 Å². The Morgan fingerprint density at radius 3 is 2.54 bits per heavy atom. The number of carbonyl (C=O) groups is 2. The molecule has 0 unspecified atom stereocenters. The maximum atomic E-state index is 12.7. The monoisotopic (exact) mass is 370 g/mol. The first kappa shape index (κ1) is 17.2. The number of fused-ring (bicyclic) bond motifs is 2. The number of benzene rings is 1. The minimum Gasteiger partial charge on any atom is -0.481 e. The van der Waals surface area contributed by atoms with Crippen molar-refractivity contribution in [3.8, 4) is 11.3 Å². The van der Waals surface area contributed by atoms with Crippen molar-refractivity contribution < 1.29 is 14.7 Å². The van der Waals surface area contributed by atoms with Crippen molar-refractivity contribution in [1.82, 2.24) is 4.98 Å². The molecule has 4 atom stereocenters. The molecular formula is C20H22N2O3S. The van der Waals surface area contributed by atoms with Gasteiger partial charge in [-0.2, -0.15) is 0 Å². The summed E-state index contributed by atoms with van der Waals surface area (Å²) in [5.74, 6) is -1.66. The van der Waals surface area contributed by atoms with Crippen LogP contribution in [-0.4, -0.2) is 22.0 Å². The molecule has 1 heterocycles. The highest BCUT2D eigenvalue weighted by molar-refractivity contribution is 7.14. The molecule has 2 aromatic rings. The normalized spacial score (nSPS) is 26.8. The van der Waals surface area contributed by atoms with Crippen LogP contribution in [0.25, 0.3) is 11.3 Å². The highest BCUT2D eigenvalue weighted by atomic mass is 32.1. The third-order valence-corrected chi connectivity index (χ3v) is 6.65. The van der Waals surface area contributed by atoms with Crippen molar-refractivity contribution in [2.24, 2.45) is 23.7 Å². The highest BCUT2D eigenvalue weighted by Crippen LogP contribution is 2.52. The van der Waals surface area contributed by atoms with E-state index < -0.39 is 17.8 Å². The van der Waals surface area contributed by atoms with Crippen molar-refractivity contribution in [2.75, 3.05) is 5.32 Å². The van der Waals surface area contributed by atoms with Crippen molar-refractivity contribution in [3.05, 3.63) is 35.2 Å². The number of hydrogen-bond donors (Lipinski definition) is 2. The lowest BCUT2D eigenvalue weighted by atomic mass is 9.79. The topological polar surface area (TPSA) is 79.3 Å². The minimum absolute atomic E-state index is 0.150. The molecule has 1 aromatic heterocycles. The molecule has 0 aliphatic heterocycles. The fourth-order valence-electron chi connectivity index (χ4n) is 4.59. The van der Waals surface area contributed by atoms with Gasteiger partial charge < -0.3 is 10.4 Å². The third kappa shape index (κ3) is 3.03. The van der Waals surface area contributed by atoms with Crippen LogP contribution >= 0.6 is 11.3 Å². The van der Waals surface area contributed by atoms with Gasteiger partial charge in [-0.1, -0.05) is 31.2 Å². The Bertz CT molecular complexity index is 830. The molecule has 0 spiro atoms. The molecule has 1 aromatic carbocycles. The van der Waals surface area contributed by atoms with Crippen molar-refractivity contribution in [2.45, 2.75) is 32.6 Å². The van der Waals surface area contributed by atoms with Crippen LogP contribution in [0.4, 0.5) is 5.13 Å². The number of nitrogens with zero attached hydrogens (tertiary/aromatic N) is 1. The summed E-state index contributed by atoms with van der Waals surface area (Å²) >= 11 is 1.38. The summed E-state index contributed by atoms with van der Waals surface area (Å²) in [4.78, 5) is 28.9. The van der Waals surface area contributed by atoms with E-state index in [1.165, 1.54) is 16.9 Å². The zero-order chi connectivity index (χ0) is 18.3. The third-order valence-electron chi connectivity index (χ3n) is 5.90. The van der Waals surface area contributed by atoms with Gasteiger partial charge in [0, 0.05) is 10.9 Å². The van der Waals surface area contributed by atoms with Gasteiger partial charge >= 0.3 is 5.97 Å². The smallest absolute Gasteiger partial charge is 0.307 e. The standard InChI is InChI=1S/C20H22N2O3S/c1-2-11-3-5-12(6-4-11)15-10-26-20(21-15)22-18(23)16-13-7-8-14(9-13)17(16)19(24)25/h3-6,10,13-14,16-17H,2,7-9H2,1H3,(H,24,25)(H,21,22,23)/t13-,14+,16+,17+/m1/s1. The first-order valence-corrected chi connectivity index (χ1v) is 10.0. The number of rotatable bonds is 5. The summed E-state index contributed by atoms with van der Waals surface area (Å²) in [7, 11) is 0. The van der Waals surface area contributed by atoms with E-state index in [2.05, 4.69) is 29.4 Å². The molecule has 136 valence electrons. The minimum atomic E-state index is -0.840. The lowest BCUT2D eigenvalue weighted by Gasteiger charge is -2.26. The van der Waals surface area contributed by atoms with E-state index >= 15 is 0 Å². The van der Waals surface area contributed by atoms with Crippen LogP contribution in [-0.2, 0) is 16.0 Å². The molecule has 0 saturated heterocycles. The second kappa shape index (κ2) is 6.83. The zero-order valence-corrected chi connectivity index (χ0v) is 15.5. The van der Waals surface area contributed by atoms with Gasteiger partial charge in [0.1, 0.15) is 0 Å². The second-order valence-corrected chi connectivity index (χ2v) is 8.16. The Morgan fingerprint density at radius 1 is 1.19 bits per heavy atom. The van der Waals surface area contributed by atoms with E-state index in [9.17, 15) is 14.7 Å². The lowest BCUT2D eigenvalue weighted by Crippen LogP contribution is -2.37. The first-order valence-electron chi connectivity index (χ1n) is 9.15. The molecule has 0 radical (unpaired) electrons. The SMILES string of the molecule is CCc1ccc(-c2csc(NC(=O)[C@H]3[C@@H]4CC[C@@H](C4)[C@@H]3C(=O)O)n2)cc1. The summed E-state index contributed by atoms with van der Waals surface area (Å²) in [6.45, 7) is 2.12. The number of hydrogen-bond acceptors (Lipinski definition) is 4. The summed E-state index contributed by atoms with van der Waals surface area (Å²) < 4.78 is 0. The van der Waals surface area contributed by atoms with E-state index in [0.29, 0.717) is 5.13 Å². The number of carbonyl (C=O) groups excluding carboxylic acids is 1. The molecule has 6 heteroatoms. The predicted octanol–water partition coefficient (Wildman–Crippen LogP) is 4.06. The van der Waals surface area contributed by atoms with Gasteiger partial charge in [-0.05, 0) is 43.1 Å². The van der Waals surface area contributed by atoms with E-state index in [4.69, 9.17) is 0 Å². The van der Waals surface area contributed by atoms with E-state index in [1.807, 2.05) is 17.5 Å². The maximum Gasteiger partial charge on any atom is 0.307 e. The van der Waals surface area contributed by atoms with Crippen LogP contribution in [0, 0.1) is 23.7 Å². The Balaban J connectivity index is 1.48. The van der Waals surface area contributed by atoms with Crippen LogP contribution in [0.1, 0.15) is 31.7 Å². The highest BCUT2D eigenvalue weighted by Gasteiger charge is 2.54. The number of amides is 1. The first-order chi connectivity index (χ1) is 12.6. The quantitative estimate of drug-likeness (QED) is 0.832. The molecule has 2 N–H and O–H groups in total.